The van der Waals surface area contributed by atoms with Crippen molar-refractivity contribution < 1.29 is 9.53 Å². The van der Waals surface area contributed by atoms with Gasteiger partial charge in [-0.25, -0.2) is 9.78 Å². The molecule has 0 aliphatic carbocycles. The average Bonchev–Trinajstić information content (AvgIpc) is 3.09. The number of rotatable bonds is 3. The van der Waals surface area contributed by atoms with Crippen molar-refractivity contribution in [2.24, 2.45) is 5.92 Å². The fraction of sp³-hybridized carbons (Fsp3) is 0.529. The first-order valence-corrected chi connectivity index (χ1v) is 8.80. The molecule has 2 heterocycles. The van der Waals surface area contributed by atoms with E-state index < -0.39 is 5.60 Å². The summed E-state index contributed by atoms with van der Waals surface area (Å²) in [6, 6.07) is 8.21. The monoisotopic (exact) mass is 333 g/mol. The van der Waals surface area contributed by atoms with E-state index in [0.717, 1.165) is 30.2 Å². The molecule has 1 aliphatic rings. The number of benzene rings is 1. The minimum absolute atomic E-state index is 0.337. The number of ether oxygens (including phenoxy) is 1. The maximum atomic E-state index is 11.7. The van der Waals surface area contributed by atoms with Gasteiger partial charge in [0.15, 0.2) is 5.13 Å². The summed E-state index contributed by atoms with van der Waals surface area (Å²) in [4.78, 5) is 18.7. The van der Waals surface area contributed by atoms with E-state index in [1.54, 1.807) is 11.3 Å². The Labute approximate surface area is 140 Å². The Morgan fingerprint density at radius 1 is 1.43 bits per heavy atom. The summed E-state index contributed by atoms with van der Waals surface area (Å²) >= 11 is 1.73. The van der Waals surface area contributed by atoms with Crippen LogP contribution in [0, 0.1) is 5.92 Å². The van der Waals surface area contributed by atoms with Crippen LogP contribution >= 0.6 is 11.3 Å². The summed E-state index contributed by atoms with van der Waals surface area (Å²) < 4.78 is 6.50. The van der Waals surface area contributed by atoms with Crippen LogP contribution in [-0.2, 0) is 4.74 Å². The molecule has 23 heavy (non-hydrogen) atoms. The number of hydrogen-bond donors (Lipinski definition) is 1. The number of alkyl carbamates (subject to hydrolysis) is 1. The summed E-state index contributed by atoms with van der Waals surface area (Å²) in [5, 5.41) is 3.95. The lowest BCUT2D eigenvalue weighted by atomic mass is 10.1. The summed E-state index contributed by atoms with van der Waals surface area (Å²) in [7, 11) is 0. The van der Waals surface area contributed by atoms with Crippen LogP contribution in [0.25, 0.3) is 10.2 Å². The first-order valence-electron chi connectivity index (χ1n) is 7.98. The summed E-state index contributed by atoms with van der Waals surface area (Å²) in [5.74, 6) is 0.439. The molecule has 1 aliphatic heterocycles. The molecule has 2 aromatic rings. The van der Waals surface area contributed by atoms with Crippen molar-refractivity contribution in [3.8, 4) is 0 Å². The third-order valence-electron chi connectivity index (χ3n) is 3.77. The van der Waals surface area contributed by atoms with E-state index >= 15 is 0 Å². The van der Waals surface area contributed by atoms with Gasteiger partial charge in [-0.05, 0) is 45.2 Å². The molecule has 0 bridgehead atoms. The number of nitrogens with one attached hydrogen (secondary N) is 1. The lowest BCUT2D eigenvalue weighted by molar-refractivity contribution is 0.0520. The molecule has 3 rings (SSSR count). The van der Waals surface area contributed by atoms with Crippen molar-refractivity contribution in [1.82, 2.24) is 10.3 Å². The number of carbonyl (C=O) groups excluding carboxylic acids is 1. The van der Waals surface area contributed by atoms with Gasteiger partial charge < -0.3 is 15.0 Å². The minimum atomic E-state index is -0.452. The van der Waals surface area contributed by atoms with Gasteiger partial charge in [0.1, 0.15) is 5.60 Å². The summed E-state index contributed by atoms with van der Waals surface area (Å²) in [6.45, 7) is 8.18. The standard InChI is InChI=1S/C17H23N3O2S/c1-17(2,3)22-16(21)18-10-12-8-9-20(11-12)15-19-13-6-4-5-7-14(13)23-15/h4-7,12H,8-11H2,1-3H3,(H,18,21)/t12-/m1/s1. The van der Waals surface area contributed by atoms with Crippen molar-refractivity contribution in [2.45, 2.75) is 32.8 Å². The van der Waals surface area contributed by atoms with E-state index in [1.807, 2.05) is 39.0 Å². The quantitative estimate of drug-likeness (QED) is 0.931. The smallest absolute Gasteiger partial charge is 0.407 e. The fourth-order valence-electron chi connectivity index (χ4n) is 2.71. The molecule has 1 aromatic carbocycles. The number of aromatic nitrogens is 1. The molecule has 0 saturated carbocycles. The number of carbonyl (C=O) groups is 1. The molecule has 0 unspecified atom stereocenters. The van der Waals surface area contributed by atoms with Crippen LogP contribution < -0.4 is 10.2 Å². The number of fused-ring (bicyclic) bond motifs is 1. The first kappa shape index (κ1) is 16.1. The highest BCUT2D eigenvalue weighted by Gasteiger charge is 2.26. The second-order valence-corrected chi connectivity index (χ2v) is 7.96. The van der Waals surface area contributed by atoms with Gasteiger partial charge in [0.25, 0.3) is 0 Å². The van der Waals surface area contributed by atoms with Crippen LogP contribution in [0.5, 0.6) is 0 Å². The Morgan fingerprint density at radius 3 is 2.96 bits per heavy atom. The van der Waals surface area contributed by atoms with Crippen molar-refractivity contribution in [3.63, 3.8) is 0 Å². The molecule has 0 spiro atoms. The second kappa shape index (κ2) is 6.35. The summed E-state index contributed by atoms with van der Waals surface area (Å²) in [5.41, 5.74) is 0.607. The van der Waals surface area contributed by atoms with Gasteiger partial charge in [-0.15, -0.1) is 0 Å². The number of amides is 1. The van der Waals surface area contributed by atoms with Gasteiger partial charge in [-0.3, -0.25) is 0 Å². The molecule has 124 valence electrons. The Balaban J connectivity index is 1.53. The van der Waals surface area contributed by atoms with Crippen LogP contribution in [0.2, 0.25) is 0 Å². The molecule has 0 radical (unpaired) electrons. The van der Waals surface area contributed by atoms with Crippen LogP contribution in [-0.4, -0.2) is 36.3 Å². The molecular formula is C17H23N3O2S. The molecule has 1 fully saturated rings. The van der Waals surface area contributed by atoms with E-state index in [4.69, 9.17) is 9.72 Å². The summed E-state index contributed by atoms with van der Waals surface area (Å²) in [6.07, 6.45) is 0.724. The van der Waals surface area contributed by atoms with Crippen molar-refractivity contribution in [3.05, 3.63) is 24.3 Å². The van der Waals surface area contributed by atoms with Gasteiger partial charge in [0.2, 0.25) is 0 Å². The zero-order valence-electron chi connectivity index (χ0n) is 13.8. The molecule has 1 aromatic heterocycles. The average molecular weight is 333 g/mol. The molecule has 1 N–H and O–H groups in total. The van der Waals surface area contributed by atoms with E-state index in [0.29, 0.717) is 12.5 Å². The predicted octanol–water partition coefficient (Wildman–Crippen LogP) is 3.65. The van der Waals surface area contributed by atoms with Crippen LogP contribution in [0.4, 0.5) is 9.93 Å². The maximum Gasteiger partial charge on any atom is 0.407 e. The van der Waals surface area contributed by atoms with Crippen molar-refractivity contribution in [2.75, 3.05) is 24.5 Å². The number of para-hydroxylation sites is 1. The molecule has 6 heteroatoms. The van der Waals surface area contributed by atoms with Crippen LogP contribution in [0.1, 0.15) is 27.2 Å². The number of thiazole rings is 1. The lowest BCUT2D eigenvalue weighted by Crippen LogP contribution is -2.36. The first-order chi connectivity index (χ1) is 10.9. The highest BCUT2D eigenvalue weighted by molar-refractivity contribution is 7.22. The van der Waals surface area contributed by atoms with E-state index in [-0.39, 0.29) is 6.09 Å². The Morgan fingerprint density at radius 2 is 2.22 bits per heavy atom. The zero-order valence-corrected chi connectivity index (χ0v) is 14.7. The van der Waals surface area contributed by atoms with Gasteiger partial charge in [0.05, 0.1) is 10.2 Å². The Kier molecular flexibility index (Phi) is 4.43. The Bertz CT molecular complexity index is 659. The van der Waals surface area contributed by atoms with E-state index in [9.17, 15) is 4.79 Å². The largest absolute Gasteiger partial charge is 0.444 e. The molecule has 1 saturated heterocycles. The van der Waals surface area contributed by atoms with Gasteiger partial charge in [-0.2, -0.15) is 0 Å². The van der Waals surface area contributed by atoms with E-state index in [1.165, 1.54) is 4.70 Å². The number of hydrogen-bond acceptors (Lipinski definition) is 5. The SMILES string of the molecule is CC(C)(C)OC(=O)NC[C@H]1CCN(c2nc3ccccc3s2)C1. The van der Waals surface area contributed by atoms with Crippen molar-refractivity contribution >= 4 is 32.8 Å². The number of anilines is 1. The molecule has 1 atom stereocenters. The zero-order chi connectivity index (χ0) is 16.4. The highest BCUT2D eigenvalue weighted by Crippen LogP contribution is 2.31. The van der Waals surface area contributed by atoms with Gasteiger partial charge in [-0.1, -0.05) is 23.5 Å². The van der Waals surface area contributed by atoms with Crippen LogP contribution in [0.3, 0.4) is 0 Å². The third kappa shape index (κ3) is 4.13. The molecule has 1 amide bonds. The van der Waals surface area contributed by atoms with Gasteiger partial charge in [0, 0.05) is 19.6 Å². The number of nitrogens with zero attached hydrogens (tertiary/aromatic N) is 2. The fourth-order valence-corrected chi connectivity index (χ4v) is 3.71. The highest BCUT2D eigenvalue weighted by atomic mass is 32.1. The molecule has 5 nitrogen and oxygen atoms in total. The predicted molar refractivity (Wildman–Crippen MR) is 94.2 cm³/mol. The van der Waals surface area contributed by atoms with Gasteiger partial charge >= 0.3 is 6.09 Å². The van der Waals surface area contributed by atoms with E-state index in [2.05, 4.69) is 16.3 Å². The van der Waals surface area contributed by atoms with Crippen molar-refractivity contribution in [1.29, 1.82) is 0 Å². The Hall–Kier alpha value is -1.82. The lowest BCUT2D eigenvalue weighted by Gasteiger charge is -2.20. The minimum Gasteiger partial charge on any atom is -0.444 e. The molecular weight excluding hydrogens is 310 g/mol. The third-order valence-corrected chi connectivity index (χ3v) is 4.87. The maximum absolute atomic E-state index is 11.7. The van der Waals surface area contributed by atoms with Crippen LogP contribution in [0.15, 0.2) is 24.3 Å². The second-order valence-electron chi connectivity index (χ2n) is 6.95. The normalized spacial score (nSPS) is 18.4. The topological polar surface area (TPSA) is 54.5 Å².